The third-order valence-electron chi connectivity index (χ3n) is 6.06. The number of benzene rings is 2. The van der Waals surface area contributed by atoms with Crippen molar-refractivity contribution in [2.45, 2.75) is 58.3 Å². The van der Waals surface area contributed by atoms with Crippen LogP contribution in [0.1, 0.15) is 43.4 Å². The molecule has 1 aliphatic rings. The Labute approximate surface area is 210 Å². The third kappa shape index (κ3) is 6.29. The first-order valence-corrected chi connectivity index (χ1v) is 15.5. The molecule has 0 fully saturated rings. The molecule has 2 aromatic rings. The number of hydrogen-bond acceptors (Lipinski definition) is 4. The van der Waals surface area contributed by atoms with Crippen LogP contribution in [0.4, 0.5) is 14.5 Å². The fraction of sp³-hybridized carbons (Fsp3) is 0.423. The largest absolute Gasteiger partial charge is 0.494 e. The second kappa shape index (κ2) is 11.2. The number of carboxylic acids is 1. The molecule has 36 heavy (non-hydrogen) atoms. The highest BCUT2D eigenvalue weighted by Crippen LogP contribution is 2.34. The minimum Gasteiger partial charge on any atom is -0.494 e. The van der Waals surface area contributed by atoms with E-state index in [0.717, 1.165) is 17.7 Å². The summed E-state index contributed by atoms with van der Waals surface area (Å²) in [5, 5.41) is 11.5. The van der Waals surface area contributed by atoms with E-state index in [2.05, 4.69) is 5.32 Å². The number of amides is 2. The predicted molar refractivity (Wildman–Crippen MR) is 135 cm³/mol. The Morgan fingerprint density at radius 1 is 1.11 bits per heavy atom. The van der Waals surface area contributed by atoms with E-state index < -0.39 is 37.6 Å². The Morgan fingerprint density at radius 2 is 1.78 bits per heavy atom. The number of halogens is 2. The lowest BCUT2D eigenvalue weighted by molar-refractivity contribution is -0.140. The Hall–Kier alpha value is -3.27. The fourth-order valence-electron chi connectivity index (χ4n) is 4.52. The van der Waals surface area contributed by atoms with Gasteiger partial charge in [0.15, 0.2) is 0 Å². The summed E-state index contributed by atoms with van der Waals surface area (Å²) in [6.45, 7) is 8.06. The average molecular weight is 519 g/mol. The van der Waals surface area contributed by atoms with Crippen LogP contribution < -0.4 is 15.2 Å². The molecule has 10 heteroatoms. The second-order valence-electron chi connectivity index (χ2n) is 9.83. The van der Waals surface area contributed by atoms with Crippen LogP contribution in [0.5, 0.6) is 5.75 Å². The van der Waals surface area contributed by atoms with Crippen LogP contribution in [0, 0.1) is 11.6 Å². The molecule has 0 saturated heterocycles. The summed E-state index contributed by atoms with van der Waals surface area (Å²) in [6.07, 6.45) is 0.436. The summed E-state index contributed by atoms with van der Waals surface area (Å²) in [5.41, 5.74) is 1.39. The smallest absolute Gasteiger partial charge is 0.303 e. The normalized spacial score (nSPS) is 15.3. The molecule has 1 aliphatic heterocycles. The van der Waals surface area contributed by atoms with Crippen molar-refractivity contribution in [2.24, 2.45) is 0 Å². The lowest BCUT2D eigenvalue weighted by Crippen LogP contribution is -2.45. The van der Waals surface area contributed by atoms with Crippen molar-refractivity contribution in [1.29, 1.82) is 0 Å². The Balaban J connectivity index is 1.93. The van der Waals surface area contributed by atoms with Crippen LogP contribution in [-0.4, -0.2) is 49.0 Å². The number of ether oxygens (including phenoxy) is 1. The molecule has 2 aromatic carbocycles. The van der Waals surface area contributed by atoms with Gasteiger partial charge in [-0.2, -0.15) is 0 Å². The fourth-order valence-corrected chi connectivity index (χ4v) is 6.10. The van der Waals surface area contributed by atoms with Crippen LogP contribution >= 0.6 is 0 Å². The van der Waals surface area contributed by atoms with Crippen LogP contribution in [0.15, 0.2) is 30.3 Å². The van der Waals surface area contributed by atoms with Crippen molar-refractivity contribution in [3.63, 3.8) is 0 Å². The number of carbonyl (C=O) groups excluding carboxylic acids is 2. The van der Waals surface area contributed by atoms with Crippen molar-refractivity contribution in [2.75, 3.05) is 18.5 Å². The van der Waals surface area contributed by atoms with Crippen molar-refractivity contribution in [3.8, 4) is 5.75 Å². The van der Waals surface area contributed by atoms with E-state index >= 15 is 0 Å². The van der Waals surface area contributed by atoms with Gasteiger partial charge in [0.05, 0.1) is 14.7 Å². The van der Waals surface area contributed by atoms with Gasteiger partial charge in [0.2, 0.25) is 5.91 Å². The molecule has 3 rings (SSSR count). The van der Waals surface area contributed by atoms with Gasteiger partial charge in [-0.3, -0.25) is 14.4 Å². The van der Waals surface area contributed by atoms with Gasteiger partial charge in [0, 0.05) is 30.3 Å². The molecule has 2 amide bonds. The minimum atomic E-state index is -2.29. The number of nitrogens with zero attached hydrogens (tertiary/aromatic N) is 1. The van der Waals surface area contributed by atoms with Crippen LogP contribution in [0.3, 0.4) is 0 Å². The van der Waals surface area contributed by atoms with Gasteiger partial charge in [-0.25, -0.2) is 8.78 Å². The zero-order valence-corrected chi connectivity index (χ0v) is 22.0. The summed E-state index contributed by atoms with van der Waals surface area (Å²) in [5.74, 6) is -2.75. The van der Waals surface area contributed by atoms with E-state index in [9.17, 15) is 23.2 Å². The summed E-state index contributed by atoms with van der Waals surface area (Å²) in [7, 11) is -2.29. The van der Waals surface area contributed by atoms with Gasteiger partial charge >= 0.3 is 5.97 Å². The Bertz CT molecular complexity index is 1140. The molecule has 0 saturated carbocycles. The molecule has 1 heterocycles. The van der Waals surface area contributed by atoms with Crippen molar-refractivity contribution in [3.05, 3.63) is 53.1 Å². The van der Waals surface area contributed by atoms with E-state index in [0.29, 0.717) is 24.3 Å². The molecule has 0 bridgehead atoms. The molecule has 0 radical (unpaired) electrons. The molecule has 194 valence electrons. The van der Waals surface area contributed by atoms with Gasteiger partial charge in [0.1, 0.15) is 23.4 Å². The lowest BCUT2D eigenvalue weighted by atomic mass is 9.91. The number of nitrogens with one attached hydrogen (secondary N) is 1. The van der Waals surface area contributed by atoms with Gasteiger partial charge < -0.3 is 20.1 Å². The molecular weight excluding hydrogens is 486 g/mol. The van der Waals surface area contributed by atoms with Gasteiger partial charge in [0.25, 0.3) is 5.91 Å². The topological polar surface area (TPSA) is 95.9 Å². The number of carbonyl (C=O) groups is 3. The van der Waals surface area contributed by atoms with Gasteiger partial charge in [-0.1, -0.05) is 25.7 Å². The number of fused-ring (bicyclic) bond motifs is 1. The van der Waals surface area contributed by atoms with Crippen LogP contribution in [-0.2, 0) is 20.8 Å². The highest BCUT2D eigenvalue weighted by atomic mass is 28.3. The quantitative estimate of drug-likeness (QED) is 0.485. The standard InChI is InChI=1S/C26H32F2N2O5Si/c1-5-35-18-9-10-19-16(13-18)11-12-30(22(31)7-6-8-23(32)33)24(19)26(34)29-17-14-20(27)25(21(28)15-17)36(2,3)4/h9-10,13-15,24H,5-8,11-12H2,1-4H3,(H,29,34)(H,32,33)/t24-/m1/s1. The van der Waals surface area contributed by atoms with E-state index in [1.807, 2.05) is 32.6 Å². The first-order chi connectivity index (χ1) is 16.9. The second-order valence-corrected chi connectivity index (χ2v) is 14.8. The first-order valence-electron chi connectivity index (χ1n) is 12.0. The SMILES string of the molecule is CCOc1ccc2c(c1)CCN(C(=O)CCCC(=O)O)[C@H]2C(=O)Nc1cc(F)c([Si](C)(C)C)c(F)c1. The molecule has 0 unspecified atom stereocenters. The molecule has 0 aromatic heterocycles. The van der Waals surface area contributed by atoms with Gasteiger partial charge in [-0.15, -0.1) is 0 Å². The van der Waals surface area contributed by atoms with Crippen molar-refractivity contribution >= 4 is 36.7 Å². The van der Waals surface area contributed by atoms with Crippen LogP contribution in [0.2, 0.25) is 19.6 Å². The summed E-state index contributed by atoms with van der Waals surface area (Å²) >= 11 is 0. The number of carboxylic acid groups (broad SMARTS) is 1. The molecule has 2 N–H and O–H groups in total. The number of anilines is 1. The Morgan fingerprint density at radius 3 is 2.36 bits per heavy atom. The zero-order chi connectivity index (χ0) is 26.6. The predicted octanol–water partition coefficient (Wildman–Crippen LogP) is 4.23. The minimum absolute atomic E-state index is 0.0311. The number of aliphatic carboxylic acids is 1. The highest BCUT2D eigenvalue weighted by Gasteiger charge is 2.36. The van der Waals surface area contributed by atoms with E-state index in [-0.39, 0.29) is 42.6 Å². The summed E-state index contributed by atoms with van der Waals surface area (Å²) in [4.78, 5) is 38.7. The highest BCUT2D eigenvalue weighted by molar-refractivity contribution is 6.88. The van der Waals surface area contributed by atoms with Crippen LogP contribution in [0.25, 0.3) is 0 Å². The molecule has 0 aliphatic carbocycles. The monoisotopic (exact) mass is 518 g/mol. The summed E-state index contributed by atoms with van der Waals surface area (Å²) in [6, 6.07) is 6.43. The maximum absolute atomic E-state index is 14.8. The molecular formula is C26H32F2N2O5Si. The first kappa shape index (κ1) is 27.3. The van der Waals surface area contributed by atoms with Gasteiger partial charge in [-0.05, 0) is 55.2 Å². The Kier molecular flexibility index (Phi) is 8.49. The van der Waals surface area contributed by atoms with E-state index in [4.69, 9.17) is 9.84 Å². The molecule has 0 spiro atoms. The van der Waals surface area contributed by atoms with Crippen molar-refractivity contribution < 1.29 is 33.0 Å². The lowest BCUT2D eigenvalue weighted by Gasteiger charge is -2.36. The van der Waals surface area contributed by atoms with E-state index in [1.165, 1.54) is 4.90 Å². The maximum Gasteiger partial charge on any atom is 0.303 e. The summed E-state index contributed by atoms with van der Waals surface area (Å²) < 4.78 is 35.1. The molecule has 7 nitrogen and oxygen atoms in total. The van der Waals surface area contributed by atoms with E-state index in [1.54, 1.807) is 12.1 Å². The maximum atomic E-state index is 14.8. The number of hydrogen-bond donors (Lipinski definition) is 2. The third-order valence-corrected chi connectivity index (χ3v) is 8.04. The average Bonchev–Trinajstić information content (AvgIpc) is 2.76. The molecule has 1 atom stereocenters. The number of rotatable bonds is 9. The van der Waals surface area contributed by atoms with Crippen molar-refractivity contribution in [1.82, 2.24) is 4.90 Å². The zero-order valence-electron chi connectivity index (χ0n) is 21.0.